The molecule has 2 aliphatic rings. The van der Waals surface area contributed by atoms with E-state index < -0.39 is 0 Å². The van der Waals surface area contributed by atoms with E-state index >= 15 is 0 Å². The molecule has 0 bridgehead atoms. The van der Waals surface area contributed by atoms with Crippen molar-refractivity contribution in [3.63, 3.8) is 0 Å². The Morgan fingerprint density at radius 3 is 2.87 bits per heavy atom. The Bertz CT molecular complexity index is 622. The predicted octanol–water partition coefficient (Wildman–Crippen LogP) is 4.97. The van der Waals surface area contributed by atoms with Crippen LogP contribution in [0.25, 0.3) is 0 Å². The van der Waals surface area contributed by atoms with Crippen molar-refractivity contribution in [3.8, 4) is 0 Å². The zero-order chi connectivity index (χ0) is 16.3. The van der Waals surface area contributed by atoms with E-state index in [4.69, 9.17) is 0 Å². The van der Waals surface area contributed by atoms with Crippen LogP contribution in [0.3, 0.4) is 0 Å². The number of carbonyl (C=O) groups is 1. The molecule has 2 aliphatic carbocycles. The van der Waals surface area contributed by atoms with Gasteiger partial charge < -0.3 is 0 Å². The summed E-state index contributed by atoms with van der Waals surface area (Å²) in [6, 6.07) is 10.4. The Labute approximate surface area is 147 Å². The normalized spacial score (nSPS) is 32.6. The SMILES string of the molecule is C[C@]12CCCC(=CBr)[C@@H]1CC(=O)C2C=NCCc1ccccc1. The standard InChI is InChI=1S/C20H24BrNO/c1-20-10-5-8-16(13-21)17(20)12-19(23)18(20)14-22-11-9-15-6-3-2-4-7-15/h2-4,6-7,13-14,17-18H,5,8-12H2,1H3/t17-,18?,20-/m0/s1. The van der Waals surface area contributed by atoms with E-state index in [0.717, 1.165) is 25.8 Å². The zero-order valence-electron chi connectivity index (χ0n) is 13.7. The summed E-state index contributed by atoms with van der Waals surface area (Å²) < 4.78 is 0. The summed E-state index contributed by atoms with van der Waals surface area (Å²) in [7, 11) is 0. The quantitative estimate of drug-likeness (QED) is 0.684. The maximum Gasteiger partial charge on any atom is 0.142 e. The molecule has 2 fully saturated rings. The third-order valence-corrected chi connectivity index (χ3v) is 6.24. The highest BCUT2D eigenvalue weighted by atomic mass is 79.9. The van der Waals surface area contributed by atoms with Crippen LogP contribution in [0.2, 0.25) is 0 Å². The fourth-order valence-electron chi connectivity index (χ4n) is 4.28. The number of nitrogens with zero attached hydrogens (tertiary/aromatic N) is 1. The van der Waals surface area contributed by atoms with Crippen LogP contribution in [0, 0.1) is 17.3 Å². The third kappa shape index (κ3) is 3.35. The van der Waals surface area contributed by atoms with Crippen LogP contribution < -0.4 is 0 Å². The van der Waals surface area contributed by atoms with Crippen molar-refractivity contribution < 1.29 is 4.79 Å². The van der Waals surface area contributed by atoms with Crippen LogP contribution in [-0.2, 0) is 11.2 Å². The van der Waals surface area contributed by atoms with E-state index in [0.29, 0.717) is 18.1 Å². The molecule has 0 heterocycles. The van der Waals surface area contributed by atoms with Gasteiger partial charge >= 0.3 is 0 Å². The van der Waals surface area contributed by atoms with Gasteiger partial charge in [0, 0.05) is 19.2 Å². The molecule has 3 heteroatoms. The lowest BCUT2D eigenvalue weighted by Gasteiger charge is -2.40. The highest BCUT2D eigenvalue weighted by Gasteiger charge is 2.53. The molecule has 23 heavy (non-hydrogen) atoms. The molecular formula is C20H24BrNO. The summed E-state index contributed by atoms with van der Waals surface area (Å²) in [5.41, 5.74) is 2.77. The van der Waals surface area contributed by atoms with Crippen molar-refractivity contribution in [2.45, 2.75) is 39.0 Å². The Morgan fingerprint density at radius 1 is 1.35 bits per heavy atom. The van der Waals surface area contributed by atoms with Crippen LogP contribution in [0.4, 0.5) is 0 Å². The minimum absolute atomic E-state index is 0.00831. The second-order valence-corrected chi connectivity index (χ2v) is 7.49. The van der Waals surface area contributed by atoms with E-state index in [1.165, 1.54) is 17.6 Å². The van der Waals surface area contributed by atoms with Crippen LogP contribution in [0.1, 0.15) is 38.2 Å². The number of fused-ring (bicyclic) bond motifs is 1. The van der Waals surface area contributed by atoms with E-state index in [9.17, 15) is 4.79 Å². The molecule has 0 amide bonds. The van der Waals surface area contributed by atoms with Gasteiger partial charge in [-0.15, -0.1) is 0 Å². The van der Waals surface area contributed by atoms with Crippen molar-refractivity contribution in [2.75, 3.05) is 6.54 Å². The minimum Gasteiger partial charge on any atom is -0.299 e. The summed E-state index contributed by atoms with van der Waals surface area (Å²) in [5.74, 6) is 0.759. The van der Waals surface area contributed by atoms with E-state index in [1.807, 2.05) is 12.3 Å². The number of allylic oxidation sites excluding steroid dienone is 1. The molecule has 1 unspecified atom stereocenters. The smallest absolute Gasteiger partial charge is 0.142 e. The van der Waals surface area contributed by atoms with E-state index in [1.54, 1.807) is 0 Å². The molecule has 122 valence electrons. The minimum atomic E-state index is -0.00831. The number of carbonyl (C=O) groups excluding carboxylic acids is 1. The molecule has 3 rings (SSSR count). The summed E-state index contributed by atoms with van der Waals surface area (Å²) in [4.78, 5) is 19.2. The van der Waals surface area contributed by atoms with Gasteiger partial charge in [0.25, 0.3) is 0 Å². The molecule has 0 aliphatic heterocycles. The highest BCUT2D eigenvalue weighted by Crippen LogP contribution is 2.55. The fraction of sp³-hybridized carbons (Fsp3) is 0.500. The van der Waals surface area contributed by atoms with Crippen LogP contribution in [0.5, 0.6) is 0 Å². The van der Waals surface area contributed by atoms with Gasteiger partial charge in [0.05, 0.1) is 5.92 Å². The Balaban J connectivity index is 1.67. The molecule has 1 aromatic rings. The molecule has 0 N–H and O–H groups in total. The monoisotopic (exact) mass is 373 g/mol. The molecule has 2 nitrogen and oxygen atoms in total. The van der Waals surface area contributed by atoms with Crippen molar-refractivity contribution in [3.05, 3.63) is 46.5 Å². The van der Waals surface area contributed by atoms with Gasteiger partial charge in [0.2, 0.25) is 0 Å². The van der Waals surface area contributed by atoms with Crippen molar-refractivity contribution in [1.82, 2.24) is 0 Å². The molecular weight excluding hydrogens is 350 g/mol. The molecule has 0 radical (unpaired) electrons. The Kier molecular flexibility index (Phi) is 5.15. The molecule has 0 aromatic heterocycles. The van der Waals surface area contributed by atoms with Gasteiger partial charge in [-0.05, 0) is 47.6 Å². The number of ketones is 1. The fourth-order valence-corrected chi connectivity index (χ4v) is 4.83. The molecule has 2 saturated carbocycles. The van der Waals surface area contributed by atoms with Crippen LogP contribution >= 0.6 is 15.9 Å². The third-order valence-electron chi connectivity index (χ3n) is 5.65. The van der Waals surface area contributed by atoms with Crippen molar-refractivity contribution in [1.29, 1.82) is 0 Å². The highest BCUT2D eigenvalue weighted by molar-refractivity contribution is 9.11. The van der Waals surface area contributed by atoms with Gasteiger partial charge in [-0.25, -0.2) is 0 Å². The molecule has 0 spiro atoms. The van der Waals surface area contributed by atoms with Gasteiger partial charge in [-0.1, -0.05) is 58.8 Å². The van der Waals surface area contributed by atoms with E-state index in [-0.39, 0.29) is 11.3 Å². The number of rotatable bonds is 4. The first-order chi connectivity index (χ1) is 11.1. The van der Waals surface area contributed by atoms with Gasteiger partial charge in [-0.2, -0.15) is 0 Å². The lowest BCUT2D eigenvalue weighted by molar-refractivity contribution is -0.119. The van der Waals surface area contributed by atoms with Crippen molar-refractivity contribution in [2.24, 2.45) is 22.2 Å². The average molecular weight is 374 g/mol. The summed E-state index contributed by atoms with van der Waals surface area (Å²) in [6.07, 6.45) is 7.00. The largest absolute Gasteiger partial charge is 0.299 e. The molecule has 1 aromatic carbocycles. The maximum absolute atomic E-state index is 12.5. The number of halogens is 1. The first-order valence-electron chi connectivity index (χ1n) is 8.51. The first kappa shape index (κ1) is 16.6. The lowest BCUT2D eigenvalue weighted by atomic mass is 9.64. The summed E-state index contributed by atoms with van der Waals surface area (Å²) in [5, 5.41) is 0. The number of Topliss-reactive ketones (excluding diaryl/α,β-unsaturated/α-hetero) is 1. The van der Waals surface area contributed by atoms with Crippen LogP contribution in [-0.4, -0.2) is 18.5 Å². The molecule has 0 saturated heterocycles. The lowest BCUT2D eigenvalue weighted by Crippen LogP contribution is -2.35. The Morgan fingerprint density at radius 2 is 2.13 bits per heavy atom. The summed E-state index contributed by atoms with van der Waals surface area (Å²) in [6.45, 7) is 3.04. The second-order valence-electron chi connectivity index (χ2n) is 7.03. The van der Waals surface area contributed by atoms with E-state index in [2.05, 4.69) is 57.1 Å². The zero-order valence-corrected chi connectivity index (χ0v) is 15.3. The number of hydrogen-bond donors (Lipinski definition) is 0. The average Bonchev–Trinajstić information content (AvgIpc) is 2.83. The van der Waals surface area contributed by atoms with Crippen molar-refractivity contribution >= 4 is 27.9 Å². The van der Waals surface area contributed by atoms with Gasteiger partial charge in [0.15, 0.2) is 0 Å². The number of hydrogen-bond acceptors (Lipinski definition) is 2. The van der Waals surface area contributed by atoms with Gasteiger partial charge in [-0.3, -0.25) is 9.79 Å². The predicted molar refractivity (Wildman–Crippen MR) is 99.1 cm³/mol. The molecule has 3 atom stereocenters. The number of benzene rings is 1. The van der Waals surface area contributed by atoms with Gasteiger partial charge in [0.1, 0.15) is 5.78 Å². The van der Waals surface area contributed by atoms with Crippen LogP contribution in [0.15, 0.2) is 45.9 Å². The maximum atomic E-state index is 12.5. The topological polar surface area (TPSA) is 29.4 Å². The number of aliphatic imine (C=N–C) groups is 1. The first-order valence-corrected chi connectivity index (χ1v) is 9.42. The summed E-state index contributed by atoms with van der Waals surface area (Å²) >= 11 is 3.49. The second kappa shape index (κ2) is 7.12. The Hall–Kier alpha value is -1.22.